The third-order valence-corrected chi connectivity index (χ3v) is 3.02. The molecule has 1 heterocycles. The third-order valence-electron chi connectivity index (χ3n) is 3.02. The molecule has 1 aromatic rings. The fraction of sp³-hybridized carbons (Fsp3) is 0.700. The first-order valence-electron chi connectivity index (χ1n) is 5.51. The molecule has 3 rings (SSSR count). The number of carbonyl (C=O) groups is 1. The molecule has 0 unspecified atom stereocenters. The van der Waals surface area contributed by atoms with Gasteiger partial charge in [0.1, 0.15) is 6.33 Å². The standard InChI is InChI=1S/C10H14N4O/c15-10(9-11-6-12-13-9)14(8-3-4-8)5-7-1-2-7/h6-8H,1-5H2,(H,11,12,13). The highest BCUT2D eigenvalue weighted by Gasteiger charge is 2.37. The van der Waals surface area contributed by atoms with Crippen LogP contribution in [0.1, 0.15) is 36.3 Å². The molecule has 0 aromatic carbocycles. The van der Waals surface area contributed by atoms with Crippen molar-refractivity contribution >= 4 is 5.91 Å². The van der Waals surface area contributed by atoms with Gasteiger partial charge in [0.05, 0.1) is 0 Å². The van der Waals surface area contributed by atoms with E-state index in [9.17, 15) is 4.79 Å². The highest BCUT2D eigenvalue weighted by molar-refractivity contribution is 5.90. The highest BCUT2D eigenvalue weighted by Crippen LogP contribution is 2.35. The fourth-order valence-electron chi connectivity index (χ4n) is 1.81. The van der Waals surface area contributed by atoms with Crippen LogP contribution < -0.4 is 0 Å². The largest absolute Gasteiger partial charge is 0.333 e. The SMILES string of the molecule is O=C(c1ncn[nH]1)N(CC1CC1)C1CC1. The van der Waals surface area contributed by atoms with Gasteiger partial charge in [0.25, 0.3) is 5.91 Å². The first kappa shape index (κ1) is 8.88. The van der Waals surface area contributed by atoms with E-state index in [1.54, 1.807) is 0 Å². The Morgan fingerprint density at radius 2 is 2.27 bits per heavy atom. The molecule has 5 nitrogen and oxygen atoms in total. The summed E-state index contributed by atoms with van der Waals surface area (Å²) in [4.78, 5) is 17.9. The van der Waals surface area contributed by atoms with E-state index < -0.39 is 0 Å². The summed E-state index contributed by atoms with van der Waals surface area (Å²) in [6, 6.07) is 0.461. The van der Waals surface area contributed by atoms with E-state index in [0.717, 1.165) is 25.3 Å². The van der Waals surface area contributed by atoms with Crippen LogP contribution in [-0.2, 0) is 0 Å². The summed E-state index contributed by atoms with van der Waals surface area (Å²) in [6.45, 7) is 0.907. The van der Waals surface area contributed by atoms with Gasteiger partial charge in [0.15, 0.2) is 0 Å². The van der Waals surface area contributed by atoms with Crippen LogP contribution in [0.15, 0.2) is 6.33 Å². The first-order chi connectivity index (χ1) is 7.34. The van der Waals surface area contributed by atoms with Crippen LogP contribution in [0.3, 0.4) is 0 Å². The molecular formula is C10H14N4O. The Labute approximate surface area is 87.9 Å². The van der Waals surface area contributed by atoms with E-state index in [1.807, 2.05) is 4.90 Å². The van der Waals surface area contributed by atoms with Crippen LogP contribution >= 0.6 is 0 Å². The van der Waals surface area contributed by atoms with Gasteiger partial charge in [-0.15, -0.1) is 0 Å². The van der Waals surface area contributed by atoms with Gasteiger partial charge in [-0.25, -0.2) is 4.98 Å². The van der Waals surface area contributed by atoms with E-state index in [1.165, 1.54) is 19.2 Å². The maximum atomic E-state index is 12.0. The minimum atomic E-state index is 0.0156. The molecule has 0 radical (unpaired) electrons. The van der Waals surface area contributed by atoms with Gasteiger partial charge >= 0.3 is 0 Å². The molecule has 2 aliphatic carbocycles. The first-order valence-corrected chi connectivity index (χ1v) is 5.51. The predicted molar refractivity (Wildman–Crippen MR) is 53.2 cm³/mol. The number of hydrogen-bond donors (Lipinski definition) is 1. The zero-order valence-electron chi connectivity index (χ0n) is 8.52. The zero-order valence-corrected chi connectivity index (χ0v) is 8.52. The lowest BCUT2D eigenvalue weighted by Crippen LogP contribution is -2.35. The van der Waals surface area contributed by atoms with E-state index in [-0.39, 0.29) is 5.91 Å². The number of aromatic amines is 1. The molecule has 1 aromatic heterocycles. The van der Waals surface area contributed by atoms with E-state index in [4.69, 9.17) is 0 Å². The molecule has 15 heavy (non-hydrogen) atoms. The molecule has 1 amide bonds. The van der Waals surface area contributed by atoms with Crippen molar-refractivity contribution in [3.63, 3.8) is 0 Å². The Kier molecular flexibility index (Phi) is 1.97. The normalized spacial score (nSPS) is 20.3. The Balaban J connectivity index is 1.72. The summed E-state index contributed by atoms with van der Waals surface area (Å²) in [7, 11) is 0. The number of H-pyrrole nitrogens is 1. The van der Waals surface area contributed by atoms with Crippen LogP contribution in [0.4, 0.5) is 0 Å². The van der Waals surface area contributed by atoms with Gasteiger partial charge < -0.3 is 4.90 Å². The smallest absolute Gasteiger partial charge is 0.291 e. The minimum Gasteiger partial charge on any atom is -0.333 e. The van der Waals surface area contributed by atoms with Crippen molar-refractivity contribution in [2.45, 2.75) is 31.7 Å². The van der Waals surface area contributed by atoms with Crippen molar-refractivity contribution in [2.75, 3.05) is 6.54 Å². The van der Waals surface area contributed by atoms with Crippen LogP contribution in [0.2, 0.25) is 0 Å². The monoisotopic (exact) mass is 206 g/mol. The summed E-state index contributed by atoms with van der Waals surface area (Å²) >= 11 is 0. The number of hydrogen-bond acceptors (Lipinski definition) is 3. The summed E-state index contributed by atoms with van der Waals surface area (Å²) in [5.74, 6) is 1.13. The van der Waals surface area contributed by atoms with Gasteiger partial charge in [-0.05, 0) is 31.6 Å². The highest BCUT2D eigenvalue weighted by atomic mass is 16.2. The molecule has 2 aliphatic rings. The number of aromatic nitrogens is 3. The molecule has 80 valence electrons. The molecule has 0 spiro atoms. The third kappa shape index (κ3) is 1.86. The second-order valence-corrected chi connectivity index (χ2v) is 4.47. The van der Waals surface area contributed by atoms with Crippen molar-refractivity contribution in [3.8, 4) is 0 Å². The molecule has 5 heteroatoms. The van der Waals surface area contributed by atoms with Crippen molar-refractivity contribution < 1.29 is 4.79 Å². The molecule has 2 fully saturated rings. The Bertz CT molecular complexity index is 354. The van der Waals surface area contributed by atoms with Gasteiger partial charge in [-0.2, -0.15) is 5.10 Å². The summed E-state index contributed by atoms with van der Waals surface area (Å²) in [6.07, 6.45) is 6.22. The van der Waals surface area contributed by atoms with E-state index in [2.05, 4.69) is 15.2 Å². The van der Waals surface area contributed by atoms with Gasteiger partial charge in [-0.3, -0.25) is 9.89 Å². The maximum Gasteiger partial charge on any atom is 0.291 e. The number of carbonyl (C=O) groups excluding carboxylic acids is 1. The van der Waals surface area contributed by atoms with E-state index >= 15 is 0 Å². The van der Waals surface area contributed by atoms with Crippen molar-refractivity contribution in [1.29, 1.82) is 0 Å². The average molecular weight is 206 g/mol. The Morgan fingerprint density at radius 3 is 2.80 bits per heavy atom. The Morgan fingerprint density at radius 1 is 1.47 bits per heavy atom. The van der Waals surface area contributed by atoms with Crippen LogP contribution in [-0.4, -0.2) is 38.6 Å². The molecule has 0 aliphatic heterocycles. The lowest BCUT2D eigenvalue weighted by Gasteiger charge is -2.20. The minimum absolute atomic E-state index is 0.0156. The van der Waals surface area contributed by atoms with Crippen LogP contribution in [0, 0.1) is 5.92 Å². The van der Waals surface area contributed by atoms with Crippen LogP contribution in [0.25, 0.3) is 0 Å². The predicted octanol–water partition coefficient (Wildman–Crippen LogP) is 0.819. The second-order valence-electron chi connectivity index (χ2n) is 4.47. The molecule has 1 N–H and O–H groups in total. The molecule has 0 atom stereocenters. The molecule has 2 saturated carbocycles. The fourth-order valence-corrected chi connectivity index (χ4v) is 1.81. The molecular weight excluding hydrogens is 192 g/mol. The van der Waals surface area contributed by atoms with Gasteiger partial charge in [0, 0.05) is 12.6 Å². The van der Waals surface area contributed by atoms with Crippen molar-refractivity contribution in [1.82, 2.24) is 20.1 Å². The summed E-state index contributed by atoms with van der Waals surface area (Å²) in [5.41, 5.74) is 0. The average Bonchev–Trinajstić information content (AvgIpc) is 3.14. The van der Waals surface area contributed by atoms with Crippen molar-refractivity contribution in [3.05, 3.63) is 12.2 Å². The van der Waals surface area contributed by atoms with Crippen LogP contribution in [0.5, 0.6) is 0 Å². The lowest BCUT2D eigenvalue weighted by molar-refractivity contribution is 0.0723. The van der Waals surface area contributed by atoms with Crippen molar-refractivity contribution in [2.24, 2.45) is 5.92 Å². The summed E-state index contributed by atoms with van der Waals surface area (Å²) < 4.78 is 0. The maximum absolute atomic E-state index is 12.0. The van der Waals surface area contributed by atoms with Gasteiger partial charge in [-0.1, -0.05) is 0 Å². The topological polar surface area (TPSA) is 61.9 Å². The lowest BCUT2D eigenvalue weighted by atomic mass is 10.3. The quantitative estimate of drug-likeness (QED) is 0.793. The Hall–Kier alpha value is -1.39. The van der Waals surface area contributed by atoms with Gasteiger partial charge in [0.2, 0.25) is 5.82 Å². The molecule has 0 saturated heterocycles. The molecule has 0 bridgehead atoms. The number of nitrogens with one attached hydrogen (secondary N) is 1. The number of rotatable bonds is 4. The summed E-state index contributed by atoms with van der Waals surface area (Å²) in [5, 5.41) is 6.36. The van der Waals surface area contributed by atoms with E-state index in [0.29, 0.717) is 11.9 Å². The number of amides is 1. The zero-order chi connectivity index (χ0) is 10.3. The second kappa shape index (κ2) is 3.32. The number of nitrogens with zero attached hydrogens (tertiary/aromatic N) is 3.